The van der Waals surface area contributed by atoms with E-state index in [4.69, 9.17) is 25.2 Å². The Morgan fingerprint density at radius 3 is 2.70 bits per heavy atom. The van der Waals surface area contributed by atoms with E-state index in [0.717, 1.165) is 28.1 Å². The molecule has 0 radical (unpaired) electrons. The van der Waals surface area contributed by atoms with Gasteiger partial charge in [0.25, 0.3) is 0 Å². The highest BCUT2D eigenvalue weighted by molar-refractivity contribution is 6.32. The van der Waals surface area contributed by atoms with Gasteiger partial charge in [-0.15, -0.1) is 0 Å². The zero-order valence-electron chi connectivity index (χ0n) is 16.8. The number of Topliss-reactive ketones (excluding diaryl/α,β-unsaturated/α-hetero) is 1. The second-order valence-electron chi connectivity index (χ2n) is 7.19. The van der Waals surface area contributed by atoms with Gasteiger partial charge in [-0.05, 0) is 50.6 Å². The maximum Gasteiger partial charge on any atom is 0.336 e. The first-order chi connectivity index (χ1) is 14.3. The molecule has 0 aliphatic carbocycles. The first kappa shape index (κ1) is 20.0. The molecule has 0 aliphatic rings. The Balaban J connectivity index is 1.55. The molecule has 4 aromatic rings. The second-order valence-corrected chi connectivity index (χ2v) is 7.60. The summed E-state index contributed by atoms with van der Waals surface area (Å²) in [6.45, 7) is 6.00. The zero-order valence-corrected chi connectivity index (χ0v) is 17.6. The molecule has 0 saturated carbocycles. The van der Waals surface area contributed by atoms with E-state index in [0.29, 0.717) is 22.7 Å². The minimum atomic E-state index is -0.451. The molecule has 0 fully saturated rings. The molecule has 3 aromatic heterocycles. The van der Waals surface area contributed by atoms with Crippen molar-refractivity contribution < 1.29 is 18.4 Å². The lowest BCUT2D eigenvalue weighted by Gasteiger charge is -2.10. The number of ether oxygens (including phenoxy) is 1. The Morgan fingerprint density at radius 1 is 1.17 bits per heavy atom. The molecule has 0 bridgehead atoms. The van der Waals surface area contributed by atoms with E-state index in [9.17, 15) is 9.59 Å². The average molecular weight is 426 g/mol. The highest BCUT2D eigenvalue weighted by atomic mass is 35.5. The summed E-state index contributed by atoms with van der Waals surface area (Å²) in [5, 5.41) is 1.07. The van der Waals surface area contributed by atoms with E-state index in [2.05, 4.69) is 0 Å². The minimum Gasteiger partial charge on any atom is -0.484 e. The van der Waals surface area contributed by atoms with Gasteiger partial charge in [-0.2, -0.15) is 0 Å². The van der Waals surface area contributed by atoms with Gasteiger partial charge in [0, 0.05) is 34.5 Å². The number of furan rings is 1. The van der Waals surface area contributed by atoms with Gasteiger partial charge in [0.05, 0.1) is 17.8 Å². The number of carbonyl (C=O) groups excluding carboxylic acids is 1. The molecule has 154 valence electrons. The number of hydrogen-bond donors (Lipinski definition) is 0. The summed E-state index contributed by atoms with van der Waals surface area (Å²) in [7, 11) is 0. The number of carbonyl (C=O) groups is 1. The molecule has 0 saturated heterocycles. The summed E-state index contributed by atoms with van der Waals surface area (Å²) in [5.41, 5.74) is 3.04. The molecule has 0 spiro atoms. The Labute approximate surface area is 177 Å². The molecule has 1 aromatic carbocycles. The summed E-state index contributed by atoms with van der Waals surface area (Å²) >= 11 is 6.31. The predicted molar refractivity (Wildman–Crippen MR) is 114 cm³/mol. The molecule has 0 N–H and O–H groups in total. The van der Waals surface area contributed by atoms with Crippen LogP contribution in [-0.4, -0.2) is 17.0 Å². The maximum atomic E-state index is 12.8. The Bertz CT molecular complexity index is 1300. The van der Waals surface area contributed by atoms with Crippen LogP contribution in [-0.2, 0) is 6.54 Å². The molecule has 4 rings (SSSR count). The normalized spacial score (nSPS) is 11.2. The number of nitrogens with zero attached hydrogens (tertiary/aromatic N) is 1. The van der Waals surface area contributed by atoms with Crippen molar-refractivity contribution in [2.24, 2.45) is 0 Å². The number of aromatic nitrogens is 1. The quantitative estimate of drug-likeness (QED) is 0.318. The Hall–Kier alpha value is -3.25. The number of benzene rings is 1. The lowest BCUT2D eigenvalue weighted by atomic mass is 10.1. The predicted octanol–water partition coefficient (Wildman–Crippen LogP) is 5.08. The molecule has 0 atom stereocenters. The minimum absolute atomic E-state index is 0.171. The van der Waals surface area contributed by atoms with Crippen LogP contribution in [0.2, 0.25) is 5.02 Å². The Kier molecular flexibility index (Phi) is 5.26. The molecular formula is C23H20ClNO5. The topological polar surface area (TPSA) is 74.6 Å². The van der Waals surface area contributed by atoms with Crippen LogP contribution in [0.4, 0.5) is 0 Å². The van der Waals surface area contributed by atoms with Crippen molar-refractivity contribution >= 4 is 28.4 Å². The third-order valence-electron chi connectivity index (χ3n) is 5.13. The lowest BCUT2D eigenvalue weighted by Crippen LogP contribution is -2.13. The van der Waals surface area contributed by atoms with Gasteiger partial charge in [-0.1, -0.05) is 11.6 Å². The second kappa shape index (κ2) is 7.88. The van der Waals surface area contributed by atoms with E-state index in [1.54, 1.807) is 25.3 Å². The molecular weight excluding hydrogens is 406 g/mol. The number of fused-ring (bicyclic) bond motifs is 1. The van der Waals surface area contributed by atoms with Crippen LogP contribution in [0.5, 0.6) is 5.75 Å². The summed E-state index contributed by atoms with van der Waals surface area (Å²) in [4.78, 5) is 24.4. The molecule has 0 amide bonds. The third-order valence-corrected chi connectivity index (χ3v) is 5.43. The lowest BCUT2D eigenvalue weighted by molar-refractivity contribution is 0.0921. The van der Waals surface area contributed by atoms with Crippen molar-refractivity contribution in [2.75, 3.05) is 6.61 Å². The van der Waals surface area contributed by atoms with E-state index >= 15 is 0 Å². The molecule has 0 unspecified atom stereocenters. The summed E-state index contributed by atoms with van der Waals surface area (Å²) in [5.74, 6) is 0.929. The van der Waals surface area contributed by atoms with Crippen LogP contribution < -0.4 is 10.4 Å². The van der Waals surface area contributed by atoms with Gasteiger partial charge < -0.3 is 18.1 Å². The van der Waals surface area contributed by atoms with Crippen molar-refractivity contribution in [3.63, 3.8) is 0 Å². The number of halogens is 1. The third kappa shape index (κ3) is 3.78. The van der Waals surface area contributed by atoms with Crippen LogP contribution in [0.1, 0.15) is 33.1 Å². The van der Waals surface area contributed by atoms with Crippen molar-refractivity contribution in [3.8, 4) is 5.75 Å². The number of rotatable bonds is 6. The van der Waals surface area contributed by atoms with Crippen LogP contribution >= 0.6 is 11.6 Å². The number of aryl methyl sites for hydroxylation is 2. The largest absolute Gasteiger partial charge is 0.484 e. The maximum absolute atomic E-state index is 12.8. The van der Waals surface area contributed by atoms with E-state index < -0.39 is 5.63 Å². The molecule has 3 heterocycles. The van der Waals surface area contributed by atoms with Gasteiger partial charge in [0.15, 0.2) is 6.61 Å². The first-order valence-corrected chi connectivity index (χ1v) is 9.80. The van der Waals surface area contributed by atoms with Gasteiger partial charge >= 0.3 is 5.63 Å². The number of hydrogen-bond acceptors (Lipinski definition) is 5. The van der Waals surface area contributed by atoms with Crippen LogP contribution in [0.15, 0.2) is 56.3 Å². The summed E-state index contributed by atoms with van der Waals surface area (Å²) < 4.78 is 18.3. The smallest absolute Gasteiger partial charge is 0.336 e. The fourth-order valence-electron chi connectivity index (χ4n) is 3.54. The molecule has 30 heavy (non-hydrogen) atoms. The molecule has 7 heteroatoms. The van der Waals surface area contributed by atoms with E-state index in [-0.39, 0.29) is 18.1 Å². The van der Waals surface area contributed by atoms with E-state index in [1.807, 2.05) is 36.6 Å². The zero-order chi connectivity index (χ0) is 21.4. The van der Waals surface area contributed by atoms with Crippen LogP contribution in [0.3, 0.4) is 0 Å². The fraction of sp³-hybridized carbons (Fsp3) is 0.217. The highest BCUT2D eigenvalue weighted by Crippen LogP contribution is 2.31. The van der Waals surface area contributed by atoms with Crippen LogP contribution in [0, 0.1) is 20.8 Å². The first-order valence-electron chi connectivity index (χ1n) is 9.42. The SMILES string of the molecule is Cc1cc(=O)oc2cc(OCC(=O)c3cc(C)n(Cc4ccco4)c3C)c(Cl)cc12. The number of ketones is 1. The van der Waals surface area contributed by atoms with Crippen LogP contribution in [0.25, 0.3) is 11.0 Å². The van der Waals surface area contributed by atoms with Gasteiger partial charge in [0.1, 0.15) is 17.1 Å². The van der Waals surface area contributed by atoms with Gasteiger partial charge in [-0.25, -0.2) is 4.79 Å². The van der Waals surface area contributed by atoms with Crippen molar-refractivity contribution in [1.29, 1.82) is 0 Å². The van der Waals surface area contributed by atoms with E-state index in [1.165, 1.54) is 6.07 Å². The molecule has 0 aliphatic heterocycles. The standard InChI is InChI=1S/C23H20ClNO5/c1-13-7-23(27)30-21-10-22(19(24)9-17(13)21)29-12-20(26)18-8-14(2)25(15(18)3)11-16-5-4-6-28-16/h4-10H,11-12H2,1-3H3. The monoisotopic (exact) mass is 425 g/mol. The fourth-order valence-corrected chi connectivity index (χ4v) is 3.75. The molecule has 6 nitrogen and oxygen atoms in total. The van der Waals surface area contributed by atoms with Crippen molar-refractivity contribution in [2.45, 2.75) is 27.3 Å². The van der Waals surface area contributed by atoms with Crippen molar-refractivity contribution in [1.82, 2.24) is 4.57 Å². The van der Waals surface area contributed by atoms with Gasteiger partial charge in [-0.3, -0.25) is 4.79 Å². The van der Waals surface area contributed by atoms with Crippen molar-refractivity contribution in [3.05, 3.63) is 86.4 Å². The summed E-state index contributed by atoms with van der Waals surface area (Å²) in [6.07, 6.45) is 1.63. The summed E-state index contributed by atoms with van der Waals surface area (Å²) in [6, 6.07) is 10.2. The average Bonchev–Trinajstić information content (AvgIpc) is 3.30. The Morgan fingerprint density at radius 2 is 1.97 bits per heavy atom. The highest BCUT2D eigenvalue weighted by Gasteiger charge is 2.18. The van der Waals surface area contributed by atoms with Gasteiger partial charge in [0.2, 0.25) is 5.78 Å².